The van der Waals surface area contributed by atoms with Crippen LogP contribution in [0, 0.1) is 5.82 Å². The minimum absolute atomic E-state index is 0.261. The molecule has 3 aromatic heterocycles. The zero-order valence-electron chi connectivity index (χ0n) is 21.9. The molecular formula is C31H27FN4O3S. The summed E-state index contributed by atoms with van der Waals surface area (Å²) in [5.74, 6) is -0.366. The summed E-state index contributed by atoms with van der Waals surface area (Å²) in [5, 5.41) is 10.7. The van der Waals surface area contributed by atoms with Gasteiger partial charge >= 0.3 is 0 Å². The number of carbonyl (C=O) groups is 1. The molecule has 0 saturated heterocycles. The van der Waals surface area contributed by atoms with Gasteiger partial charge in [0, 0.05) is 58.3 Å². The Balaban J connectivity index is 1.61. The van der Waals surface area contributed by atoms with Crippen molar-refractivity contribution in [1.82, 2.24) is 20.1 Å². The average Bonchev–Trinajstić information content (AvgIpc) is 3.67. The van der Waals surface area contributed by atoms with E-state index < -0.39 is 5.82 Å². The maximum atomic E-state index is 14.4. The Bertz CT molecular complexity index is 1740. The highest BCUT2D eigenvalue weighted by Gasteiger charge is 2.24. The van der Waals surface area contributed by atoms with Gasteiger partial charge in [-0.25, -0.2) is 14.1 Å². The second kappa shape index (κ2) is 11.1. The molecule has 0 unspecified atom stereocenters. The first-order valence-corrected chi connectivity index (χ1v) is 13.8. The first kappa shape index (κ1) is 26.1. The van der Waals surface area contributed by atoms with Gasteiger partial charge in [0.15, 0.2) is 0 Å². The van der Waals surface area contributed by atoms with Crippen LogP contribution in [0.2, 0.25) is 0 Å². The van der Waals surface area contributed by atoms with Gasteiger partial charge in [0.05, 0.1) is 24.2 Å². The van der Waals surface area contributed by atoms with E-state index in [1.807, 2.05) is 5.38 Å². The molecule has 0 saturated carbocycles. The zero-order valence-corrected chi connectivity index (χ0v) is 22.8. The number of ether oxygens (including phenoxy) is 2. The molecule has 2 aromatic carbocycles. The van der Waals surface area contributed by atoms with E-state index in [0.717, 1.165) is 46.4 Å². The van der Waals surface area contributed by atoms with Crippen molar-refractivity contribution < 1.29 is 18.7 Å². The van der Waals surface area contributed by atoms with Crippen LogP contribution in [0.5, 0.6) is 5.75 Å². The molecular weight excluding hydrogens is 527 g/mol. The fourth-order valence-electron chi connectivity index (χ4n) is 5.04. The van der Waals surface area contributed by atoms with Crippen LogP contribution in [0.15, 0.2) is 72.9 Å². The van der Waals surface area contributed by atoms with Gasteiger partial charge in [0.2, 0.25) is 0 Å². The van der Waals surface area contributed by atoms with Crippen molar-refractivity contribution in [3.05, 3.63) is 89.8 Å². The summed E-state index contributed by atoms with van der Waals surface area (Å²) in [6.07, 6.45) is 5.42. The number of benzene rings is 2. The third-order valence-electron chi connectivity index (χ3n) is 6.99. The van der Waals surface area contributed by atoms with Crippen molar-refractivity contribution in [2.45, 2.75) is 13.0 Å². The molecule has 1 N–H and O–H groups in total. The lowest BCUT2D eigenvalue weighted by Crippen LogP contribution is -2.23. The number of methoxy groups -OCH3 is 1. The summed E-state index contributed by atoms with van der Waals surface area (Å²) < 4.78 is 27.8. The predicted molar refractivity (Wildman–Crippen MR) is 155 cm³/mol. The average molecular weight is 555 g/mol. The minimum atomic E-state index is -0.405. The largest absolute Gasteiger partial charge is 0.490 e. The lowest BCUT2D eigenvalue weighted by molar-refractivity contribution is 0.0954. The van der Waals surface area contributed by atoms with Gasteiger partial charge in [0.1, 0.15) is 18.2 Å². The summed E-state index contributed by atoms with van der Waals surface area (Å²) >= 11 is 1.58. The molecule has 6 rings (SSSR count). The molecule has 0 amide bonds. The molecule has 0 radical (unpaired) electrons. The fourth-order valence-corrected chi connectivity index (χ4v) is 6.00. The molecule has 0 atom stereocenters. The number of nitrogens with one attached hydrogen (secondary N) is 1. The maximum absolute atomic E-state index is 14.4. The third-order valence-corrected chi connectivity index (χ3v) is 7.92. The molecule has 7 nitrogen and oxygen atoms in total. The highest BCUT2D eigenvalue weighted by atomic mass is 32.1. The topological polar surface area (TPSA) is 78.3 Å². The number of hydrogen-bond acceptors (Lipinski definition) is 7. The molecule has 1 aliphatic rings. The van der Waals surface area contributed by atoms with Gasteiger partial charge in [-0.2, -0.15) is 5.10 Å². The van der Waals surface area contributed by atoms with Crippen LogP contribution in [0.25, 0.3) is 43.7 Å². The molecule has 1 aliphatic heterocycles. The zero-order chi connectivity index (χ0) is 27.6. The molecule has 9 heteroatoms. The Hall–Kier alpha value is -4.18. The number of nitrogens with zero attached hydrogens (tertiary/aromatic N) is 3. The molecule has 0 bridgehead atoms. The first-order chi connectivity index (χ1) is 19.6. The Morgan fingerprint density at radius 2 is 2.05 bits per heavy atom. The van der Waals surface area contributed by atoms with E-state index in [2.05, 4.69) is 41.3 Å². The van der Waals surface area contributed by atoms with Crippen molar-refractivity contribution in [1.29, 1.82) is 0 Å². The van der Waals surface area contributed by atoms with Crippen LogP contribution in [-0.4, -0.2) is 47.5 Å². The lowest BCUT2D eigenvalue weighted by atomic mass is 9.93. The van der Waals surface area contributed by atoms with Gasteiger partial charge in [-0.1, -0.05) is 18.7 Å². The summed E-state index contributed by atoms with van der Waals surface area (Å²) in [7, 11) is 1.59. The third kappa shape index (κ3) is 4.83. The number of pyridine rings is 1. The second-order valence-corrected chi connectivity index (χ2v) is 10.4. The van der Waals surface area contributed by atoms with E-state index in [1.54, 1.807) is 36.9 Å². The van der Waals surface area contributed by atoms with E-state index in [1.165, 1.54) is 34.0 Å². The Labute approximate surface area is 234 Å². The van der Waals surface area contributed by atoms with Crippen LogP contribution in [-0.2, 0) is 17.7 Å². The van der Waals surface area contributed by atoms with Crippen LogP contribution in [0.3, 0.4) is 0 Å². The number of fused-ring (bicyclic) bond motifs is 2. The van der Waals surface area contributed by atoms with Gasteiger partial charge in [-0.05, 0) is 59.8 Å². The summed E-state index contributed by atoms with van der Waals surface area (Å²) in [6, 6.07) is 13.1. The van der Waals surface area contributed by atoms with Crippen molar-refractivity contribution in [3.63, 3.8) is 0 Å². The SMILES string of the molecule is C=CC(=O)n1cc(-c2nc(-c3ccc4c(c3)CCNC4)c3ccsc3c2-c2ccc(F)cc2OCCOC)cn1. The summed E-state index contributed by atoms with van der Waals surface area (Å²) in [6.45, 7) is 5.99. The van der Waals surface area contributed by atoms with Gasteiger partial charge in [-0.15, -0.1) is 11.3 Å². The van der Waals surface area contributed by atoms with Crippen molar-refractivity contribution in [2.24, 2.45) is 0 Å². The number of thiophene rings is 1. The number of carbonyl (C=O) groups excluding carboxylic acids is 1. The van der Waals surface area contributed by atoms with Crippen molar-refractivity contribution in [3.8, 4) is 39.4 Å². The fraction of sp³-hybridized carbons (Fsp3) is 0.194. The Kier molecular flexibility index (Phi) is 7.25. The van der Waals surface area contributed by atoms with Crippen LogP contribution >= 0.6 is 11.3 Å². The second-order valence-electron chi connectivity index (χ2n) is 9.46. The Morgan fingerprint density at radius 1 is 1.15 bits per heavy atom. The number of rotatable bonds is 8. The predicted octanol–water partition coefficient (Wildman–Crippen LogP) is 6.13. The monoisotopic (exact) mass is 554 g/mol. The van der Waals surface area contributed by atoms with E-state index in [0.29, 0.717) is 29.2 Å². The van der Waals surface area contributed by atoms with Crippen LogP contribution in [0.1, 0.15) is 15.9 Å². The first-order valence-electron chi connectivity index (χ1n) is 12.9. The Morgan fingerprint density at radius 3 is 2.90 bits per heavy atom. The normalized spacial score (nSPS) is 12.8. The molecule has 4 heterocycles. The number of halogens is 1. The number of allylic oxidation sites excluding steroid dienone is 1. The molecule has 5 aromatic rings. The van der Waals surface area contributed by atoms with Crippen molar-refractivity contribution >= 4 is 27.3 Å². The highest BCUT2D eigenvalue weighted by Crippen LogP contribution is 2.46. The van der Waals surface area contributed by atoms with E-state index in [-0.39, 0.29) is 12.5 Å². The molecule has 202 valence electrons. The summed E-state index contributed by atoms with van der Waals surface area (Å²) in [4.78, 5) is 17.6. The standard InChI is InChI=1S/C31H27FN4O3S/c1-3-27(37)36-18-22(17-34-36)30-28(24-7-6-23(32)15-26(24)39-12-11-38-2)31-25(9-13-40-31)29(35-30)20-4-5-21-16-33-10-8-19(21)14-20/h3-7,9,13-15,17-18,33H,1,8,10-12,16H2,2H3. The lowest BCUT2D eigenvalue weighted by Gasteiger charge is -2.19. The van der Waals surface area contributed by atoms with Crippen LogP contribution < -0.4 is 10.1 Å². The van der Waals surface area contributed by atoms with Gasteiger partial charge in [0.25, 0.3) is 5.91 Å². The van der Waals surface area contributed by atoms with Gasteiger partial charge < -0.3 is 14.8 Å². The van der Waals surface area contributed by atoms with Crippen molar-refractivity contribution in [2.75, 3.05) is 26.9 Å². The maximum Gasteiger partial charge on any atom is 0.270 e. The summed E-state index contributed by atoms with van der Waals surface area (Å²) in [5.41, 5.74) is 7.20. The van der Waals surface area contributed by atoms with E-state index >= 15 is 0 Å². The van der Waals surface area contributed by atoms with Gasteiger partial charge in [-0.3, -0.25) is 4.79 Å². The van der Waals surface area contributed by atoms with Crippen LogP contribution in [0.4, 0.5) is 4.39 Å². The van der Waals surface area contributed by atoms with E-state index in [9.17, 15) is 9.18 Å². The van der Waals surface area contributed by atoms with E-state index in [4.69, 9.17) is 14.5 Å². The molecule has 0 spiro atoms. The number of hydrogen-bond donors (Lipinski definition) is 1. The quantitative estimate of drug-likeness (QED) is 0.184. The molecule has 40 heavy (non-hydrogen) atoms. The number of aromatic nitrogens is 3. The smallest absolute Gasteiger partial charge is 0.270 e. The molecule has 0 fully saturated rings. The highest BCUT2D eigenvalue weighted by molar-refractivity contribution is 7.18. The minimum Gasteiger partial charge on any atom is -0.490 e. The molecule has 0 aliphatic carbocycles.